The summed E-state index contributed by atoms with van der Waals surface area (Å²) in [5.74, 6) is 2.62. The minimum Gasteiger partial charge on any atom is -0.489 e. The number of rotatable bonds is 2. The molecule has 0 aliphatic carbocycles. The highest BCUT2D eigenvalue weighted by Crippen LogP contribution is 2.50. The van der Waals surface area contributed by atoms with Crippen molar-refractivity contribution in [3.05, 3.63) is 155 Å². The first-order valence-electron chi connectivity index (χ1n) is 16.0. The molecule has 8 rings (SSSR count). The minimum absolute atomic E-state index is 0.380. The summed E-state index contributed by atoms with van der Waals surface area (Å²) in [6.07, 6.45) is 1.79. The molecule has 0 fully saturated rings. The summed E-state index contributed by atoms with van der Waals surface area (Å²) in [5, 5.41) is 24.7. The number of hydrogen-bond donors (Lipinski definition) is 2. The van der Waals surface area contributed by atoms with Gasteiger partial charge in [-0.25, -0.2) is 0 Å². The Labute approximate surface area is 268 Å². The topological polar surface area (TPSA) is 77.4 Å². The van der Waals surface area contributed by atoms with Gasteiger partial charge in [0.25, 0.3) is 0 Å². The van der Waals surface area contributed by atoms with Crippen LogP contribution in [0, 0.1) is 0 Å². The van der Waals surface area contributed by atoms with Crippen molar-refractivity contribution in [1.29, 1.82) is 0 Å². The highest BCUT2D eigenvalue weighted by molar-refractivity contribution is 5.54. The first kappa shape index (κ1) is 28.7. The standard InChI is InChI=1S/C40H36O6/c41-39(29-12-3-1-4-13-29)33-20-18-31-23-35(33)45-37(39)16-7-8-17-38-40(42,30-14-5-2-6-15-30)34-21-19-32(24-36(34)46-38)44-26-28-11-9-10-27(22-28)25-43-31/h1-6,9-15,18-24,37-38,41-42H,7-8,16-17,25-26H2. The summed E-state index contributed by atoms with van der Waals surface area (Å²) in [7, 11) is 0. The Morgan fingerprint density at radius 2 is 0.957 bits per heavy atom. The molecular weight excluding hydrogens is 576 g/mol. The first-order valence-corrected chi connectivity index (χ1v) is 16.0. The van der Waals surface area contributed by atoms with E-state index in [1.807, 2.05) is 115 Å². The second-order valence-corrected chi connectivity index (χ2v) is 12.5. The molecule has 0 saturated carbocycles. The summed E-state index contributed by atoms with van der Waals surface area (Å²) in [4.78, 5) is 0. The Morgan fingerprint density at radius 1 is 0.500 bits per heavy atom. The quantitative estimate of drug-likeness (QED) is 0.216. The van der Waals surface area contributed by atoms with Gasteiger partial charge in [0.2, 0.25) is 0 Å². The monoisotopic (exact) mass is 612 g/mol. The third-order valence-electron chi connectivity index (χ3n) is 9.61. The molecule has 232 valence electrons. The van der Waals surface area contributed by atoms with Crippen LogP contribution in [0.4, 0.5) is 0 Å². The maximum Gasteiger partial charge on any atom is 0.155 e. The lowest BCUT2D eigenvalue weighted by molar-refractivity contribution is -0.0179. The van der Waals surface area contributed by atoms with E-state index in [4.69, 9.17) is 18.9 Å². The predicted octanol–water partition coefficient (Wildman–Crippen LogP) is 7.41. The van der Waals surface area contributed by atoms with Crippen LogP contribution in [0.25, 0.3) is 0 Å². The van der Waals surface area contributed by atoms with Crippen molar-refractivity contribution >= 4 is 0 Å². The van der Waals surface area contributed by atoms with E-state index in [0.29, 0.717) is 49.1 Å². The summed E-state index contributed by atoms with van der Waals surface area (Å²) < 4.78 is 25.4. The Morgan fingerprint density at radius 3 is 1.41 bits per heavy atom. The average molecular weight is 613 g/mol. The minimum atomic E-state index is -1.30. The van der Waals surface area contributed by atoms with Crippen LogP contribution in [0.3, 0.4) is 0 Å². The van der Waals surface area contributed by atoms with E-state index in [-0.39, 0.29) is 0 Å². The van der Waals surface area contributed by atoms with Crippen molar-refractivity contribution in [2.24, 2.45) is 0 Å². The van der Waals surface area contributed by atoms with Gasteiger partial charge in [0.15, 0.2) is 11.2 Å². The Hall–Kier alpha value is -4.78. The van der Waals surface area contributed by atoms with Crippen molar-refractivity contribution in [1.82, 2.24) is 0 Å². The van der Waals surface area contributed by atoms with Gasteiger partial charge in [0.05, 0.1) is 0 Å². The zero-order chi connectivity index (χ0) is 31.1. The summed E-state index contributed by atoms with van der Waals surface area (Å²) in [6.45, 7) is 0.760. The van der Waals surface area contributed by atoms with Crippen LogP contribution in [0.15, 0.2) is 121 Å². The lowest BCUT2D eigenvalue weighted by Crippen LogP contribution is -2.40. The molecule has 4 unspecified atom stereocenters. The third kappa shape index (κ3) is 4.89. The largest absolute Gasteiger partial charge is 0.489 e. The molecule has 2 N–H and O–H groups in total. The molecule has 6 heteroatoms. The van der Waals surface area contributed by atoms with Gasteiger partial charge in [-0.2, -0.15) is 0 Å². The van der Waals surface area contributed by atoms with Gasteiger partial charge in [-0.05, 0) is 78.3 Å². The van der Waals surface area contributed by atoms with Gasteiger partial charge in [-0.3, -0.25) is 0 Å². The summed E-state index contributed by atoms with van der Waals surface area (Å²) >= 11 is 0. The number of ether oxygens (including phenoxy) is 4. The normalized spacial score (nSPS) is 25.1. The molecule has 5 aromatic rings. The molecule has 3 aliphatic heterocycles. The predicted molar refractivity (Wildman–Crippen MR) is 174 cm³/mol. The smallest absolute Gasteiger partial charge is 0.155 e. The molecule has 0 aromatic heterocycles. The van der Waals surface area contributed by atoms with Crippen molar-refractivity contribution < 1.29 is 29.2 Å². The van der Waals surface area contributed by atoms with Gasteiger partial charge >= 0.3 is 0 Å². The zero-order valence-electron chi connectivity index (χ0n) is 25.5. The second kappa shape index (κ2) is 11.5. The fourth-order valence-electron chi connectivity index (χ4n) is 7.24. The van der Waals surface area contributed by atoms with Crippen LogP contribution < -0.4 is 18.9 Å². The maximum atomic E-state index is 12.4. The van der Waals surface area contributed by atoms with Gasteiger partial charge in [-0.1, -0.05) is 78.9 Å². The molecule has 4 atom stereocenters. The Bertz CT molecular complexity index is 1720. The highest BCUT2D eigenvalue weighted by Gasteiger charge is 2.50. The SMILES string of the molecule is OC1(c2ccccc2)c2ccc3cc2OC1CCCCC1Oc2cc(ccc2C1(O)c1ccccc1)OCc1cccc(c1)CO3. The van der Waals surface area contributed by atoms with Crippen LogP contribution in [0.1, 0.15) is 59.1 Å². The molecule has 46 heavy (non-hydrogen) atoms. The second-order valence-electron chi connectivity index (χ2n) is 12.5. The molecule has 3 heterocycles. The molecule has 0 saturated heterocycles. The molecule has 0 spiro atoms. The number of aliphatic hydroxyl groups is 2. The Kier molecular flexibility index (Phi) is 7.19. The molecule has 8 bridgehead atoms. The number of fused-ring (bicyclic) bond motifs is 6. The van der Waals surface area contributed by atoms with Crippen LogP contribution in [0.5, 0.6) is 23.0 Å². The number of benzene rings is 5. The van der Waals surface area contributed by atoms with Gasteiger partial charge in [0.1, 0.15) is 48.4 Å². The highest BCUT2D eigenvalue weighted by atomic mass is 16.5. The Balaban J connectivity index is 1.16. The maximum absolute atomic E-state index is 12.4. The molecule has 0 radical (unpaired) electrons. The van der Waals surface area contributed by atoms with E-state index < -0.39 is 23.4 Å². The fourth-order valence-corrected chi connectivity index (χ4v) is 7.24. The van der Waals surface area contributed by atoms with Crippen molar-refractivity contribution in [3.8, 4) is 23.0 Å². The van der Waals surface area contributed by atoms with Crippen molar-refractivity contribution in [2.75, 3.05) is 0 Å². The van der Waals surface area contributed by atoms with Crippen LogP contribution in [0.2, 0.25) is 0 Å². The van der Waals surface area contributed by atoms with Gasteiger partial charge in [-0.15, -0.1) is 0 Å². The zero-order valence-corrected chi connectivity index (χ0v) is 25.5. The molecule has 0 amide bonds. The fraction of sp³-hybridized carbons (Fsp3) is 0.250. The van der Waals surface area contributed by atoms with E-state index in [2.05, 4.69) is 6.07 Å². The van der Waals surface area contributed by atoms with E-state index in [1.165, 1.54) is 0 Å². The lowest BCUT2D eigenvalue weighted by atomic mass is 9.80. The molecule has 5 aromatic carbocycles. The number of hydrogen-bond acceptors (Lipinski definition) is 6. The summed E-state index contributed by atoms with van der Waals surface area (Å²) in [5.41, 5.74) is 2.49. The average Bonchev–Trinajstić information content (AvgIpc) is 3.55. The van der Waals surface area contributed by atoms with E-state index in [9.17, 15) is 10.2 Å². The van der Waals surface area contributed by atoms with E-state index in [0.717, 1.165) is 46.2 Å². The molecule has 3 aliphatic rings. The van der Waals surface area contributed by atoms with Gasteiger partial charge in [0, 0.05) is 23.3 Å². The lowest BCUT2D eigenvalue weighted by Gasteiger charge is -2.31. The molecule has 6 nitrogen and oxygen atoms in total. The van der Waals surface area contributed by atoms with Crippen LogP contribution in [-0.2, 0) is 24.4 Å². The third-order valence-corrected chi connectivity index (χ3v) is 9.61. The first-order chi connectivity index (χ1) is 22.5. The van der Waals surface area contributed by atoms with Crippen LogP contribution in [-0.4, -0.2) is 22.4 Å². The van der Waals surface area contributed by atoms with Gasteiger partial charge < -0.3 is 29.2 Å². The van der Waals surface area contributed by atoms with E-state index in [1.54, 1.807) is 0 Å². The van der Waals surface area contributed by atoms with Crippen molar-refractivity contribution in [3.63, 3.8) is 0 Å². The van der Waals surface area contributed by atoms with E-state index >= 15 is 0 Å². The summed E-state index contributed by atoms with van der Waals surface area (Å²) in [6, 6.07) is 39.0. The molecular formula is C40H36O6. The van der Waals surface area contributed by atoms with Crippen LogP contribution >= 0.6 is 0 Å². The van der Waals surface area contributed by atoms with Crippen molar-refractivity contribution in [2.45, 2.75) is 62.3 Å².